The number of anilines is 1. The van der Waals surface area contributed by atoms with E-state index in [0.29, 0.717) is 0 Å². The van der Waals surface area contributed by atoms with Gasteiger partial charge < -0.3 is 10.1 Å². The van der Waals surface area contributed by atoms with Gasteiger partial charge in [0.15, 0.2) is 0 Å². The summed E-state index contributed by atoms with van der Waals surface area (Å²) in [6.07, 6.45) is 2.06. The highest BCUT2D eigenvalue weighted by atomic mass is 79.9. The van der Waals surface area contributed by atoms with Crippen molar-refractivity contribution in [1.29, 1.82) is 0 Å². The highest BCUT2D eigenvalue weighted by Crippen LogP contribution is 2.11. The summed E-state index contributed by atoms with van der Waals surface area (Å²) in [5.74, 6) is 1.62. The average molecular weight is 288 g/mol. The molecule has 4 nitrogen and oxygen atoms in total. The quantitative estimate of drug-likeness (QED) is 0.619. The lowest BCUT2D eigenvalue weighted by Gasteiger charge is -2.06. The van der Waals surface area contributed by atoms with E-state index in [2.05, 4.69) is 38.1 Å². The summed E-state index contributed by atoms with van der Waals surface area (Å²) in [6.45, 7) is 6.50. The first-order valence-electron chi connectivity index (χ1n) is 5.55. The van der Waals surface area contributed by atoms with Gasteiger partial charge in [-0.2, -0.15) is 0 Å². The van der Waals surface area contributed by atoms with Crippen molar-refractivity contribution in [3.05, 3.63) is 16.5 Å². The lowest BCUT2D eigenvalue weighted by Crippen LogP contribution is -2.08. The van der Waals surface area contributed by atoms with Crippen molar-refractivity contribution in [2.75, 3.05) is 25.1 Å². The Morgan fingerprint density at radius 3 is 2.88 bits per heavy atom. The Hall–Kier alpha value is -0.680. The lowest BCUT2D eigenvalue weighted by molar-refractivity contribution is 0.134. The standard InChI is InChI=1S/C11H18BrN3O/c1-3-6-16-7-4-5-13-11-8-10(12)14-9(2)15-11/h8H,3-7H2,1-2H3,(H,13,14,15). The minimum Gasteiger partial charge on any atom is -0.381 e. The molecule has 0 bridgehead atoms. The molecule has 16 heavy (non-hydrogen) atoms. The van der Waals surface area contributed by atoms with Gasteiger partial charge in [0.2, 0.25) is 0 Å². The Morgan fingerprint density at radius 2 is 2.19 bits per heavy atom. The van der Waals surface area contributed by atoms with Crippen molar-refractivity contribution in [2.45, 2.75) is 26.7 Å². The van der Waals surface area contributed by atoms with E-state index in [1.54, 1.807) is 0 Å². The van der Waals surface area contributed by atoms with Crippen LogP contribution in [0, 0.1) is 6.92 Å². The number of aromatic nitrogens is 2. The van der Waals surface area contributed by atoms with Crippen molar-refractivity contribution in [1.82, 2.24) is 9.97 Å². The van der Waals surface area contributed by atoms with Gasteiger partial charge in [-0.25, -0.2) is 9.97 Å². The van der Waals surface area contributed by atoms with Crippen LogP contribution in [0.25, 0.3) is 0 Å². The second-order valence-corrected chi connectivity index (χ2v) is 4.33. The molecule has 1 N–H and O–H groups in total. The van der Waals surface area contributed by atoms with Crippen LogP contribution in [0.4, 0.5) is 5.82 Å². The van der Waals surface area contributed by atoms with Gasteiger partial charge in [-0.3, -0.25) is 0 Å². The van der Waals surface area contributed by atoms with Crippen LogP contribution in [-0.4, -0.2) is 29.7 Å². The topological polar surface area (TPSA) is 47.0 Å². The first-order chi connectivity index (χ1) is 7.72. The largest absolute Gasteiger partial charge is 0.381 e. The van der Waals surface area contributed by atoms with Crippen LogP contribution in [-0.2, 0) is 4.74 Å². The van der Waals surface area contributed by atoms with Gasteiger partial charge in [0.25, 0.3) is 0 Å². The van der Waals surface area contributed by atoms with E-state index in [0.717, 1.165) is 48.8 Å². The minimum atomic E-state index is 0.763. The molecule has 1 aromatic rings. The fraction of sp³-hybridized carbons (Fsp3) is 0.636. The van der Waals surface area contributed by atoms with Gasteiger partial charge in [-0.05, 0) is 35.7 Å². The Morgan fingerprint density at radius 1 is 1.38 bits per heavy atom. The number of hydrogen-bond donors (Lipinski definition) is 1. The molecule has 0 saturated heterocycles. The number of nitrogens with zero attached hydrogens (tertiary/aromatic N) is 2. The molecular weight excluding hydrogens is 270 g/mol. The Kier molecular flexibility index (Phi) is 6.33. The molecule has 1 heterocycles. The monoisotopic (exact) mass is 287 g/mol. The molecule has 0 saturated carbocycles. The van der Waals surface area contributed by atoms with E-state index in [4.69, 9.17) is 4.74 Å². The second-order valence-electron chi connectivity index (χ2n) is 3.52. The third kappa shape index (κ3) is 5.42. The summed E-state index contributed by atoms with van der Waals surface area (Å²) in [7, 11) is 0. The third-order valence-electron chi connectivity index (χ3n) is 1.93. The predicted molar refractivity (Wildman–Crippen MR) is 68.7 cm³/mol. The van der Waals surface area contributed by atoms with Crippen LogP contribution >= 0.6 is 15.9 Å². The molecule has 0 atom stereocenters. The zero-order chi connectivity index (χ0) is 11.8. The van der Waals surface area contributed by atoms with Crippen LogP contribution < -0.4 is 5.32 Å². The fourth-order valence-corrected chi connectivity index (χ4v) is 1.73. The molecule has 0 spiro atoms. The number of ether oxygens (including phenoxy) is 1. The van der Waals surface area contributed by atoms with Crippen molar-refractivity contribution >= 4 is 21.7 Å². The molecule has 0 unspecified atom stereocenters. The molecule has 0 radical (unpaired) electrons. The van der Waals surface area contributed by atoms with Gasteiger partial charge in [0.05, 0.1) is 0 Å². The smallest absolute Gasteiger partial charge is 0.130 e. The van der Waals surface area contributed by atoms with E-state index in [1.165, 1.54) is 0 Å². The molecule has 0 aliphatic rings. The van der Waals surface area contributed by atoms with Crippen LogP contribution in [0.1, 0.15) is 25.6 Å². The molecule has 0 amide bonds. The van der Waals surface area contributed by atoms with Gasteiger partial charge in [-0.1, -0.05) is 6.92 Å². The first kappa shape index (κ1) is 13.4. The van der Waals surface area contributed by atoms with Gasteiger partial charge in [0.1, 0.15) is 16.2 Å². The summed E-state index contributed by atoms with van der Waals surface area (Å²) in [4.78, 5) is 8.42. The number of nitrogens with one attached hydrogen (secondary N) is 1. The van der Waals surface area contributed by atoms with Gasteiger partial charge in [-0.15, -0.1) is 0 Å². The van der Waals surface area contributed by atoms with E-state index < -0.39 is 0 Å². The molecule has 5 heteroatoms. The van der Waals surface area contributed by atoms with E-state index >= 15 is 0 Å². The zero-order valence-electron chi connectivity index (χ0n) is 9.79. The number of rotatable bonds is 7. The summed E-state index contributed by atoms with van der Waals surface area (Å²) >= 11 is 3.34. The van der Waals surface area contributed by atoms with Crippen LogP contribution in [0.2, 0.25) is 0 Å². The van der Waals surface area contributed by atoms with Crippen LogP contribution in [0.15, 0.2) is 10.7 Å². The Balaban J connectivity index is 2.21. The predicted octanol–water partition coefficient (Wildman–Crippen LogP) is 2.78. The maximum Gasteiger partial charge on any atom is 0.130 e. The highest BCUT2D eigenvalue weighted by molar-refractivity contribution is 9.10. The molecule has 0 fully saturated rings. The van der Waals surface area contributed by atoms with E-state index in [-0.39, 0.29) is 0 Å². The van der Waals surface area contributed by atoms with Crippen molar-refractivity contribution in [3.63, 3.8) is 0 Å². The summed E-state index contributed by atoms with van der Waals surface area (Å²) < 4.78 is 6.20. The maximum absolute atomic E-state index is 5.39. The van der Waals surface area contributed by atoms with Crippen molar-refractivity contribution in [3.8, 4) is 0 Å². The molecule has 1 aromatic heterocycles. The van der Waals surface area contributed by atoms with E-state index in [9.17, 15) is 0 Å². The van der Waals surface area contributed by atoms with E-state index in [1.807, 2.05) is 13.0 Å². The molecular formula is C11H18BrN3O. The first-order valence-corrected chi connectivity index (χ1v) is 6.34. The number of halogens is 1. The molecule has 0 aliphatic heterocycles. The zero-order valence-corrected chi connectivity index (χ0v) is 11.4. The van der Waals surface area contributed by atoms with Crippen LogP contribution in [0.3, 0.4) is 0 Å². The van der Waals surface area contributed by atoms with Gasteiger partial charge in [0, 0.05) is 25.8 Å². The lowest BCUT2D eigenvalue weighted by atomic mass is 10.4. The second kappa shape index (κ2) is 7.57. The normalized spacial score (nSPS) is 10.4. The number of aryl methyl sites for hydroxylation is 1. The van der Waals surface area contributed by atoms with Crippen molar-refractivity contribution < 1.29 is 4.74 Å². The summed E-state index contributed by atoms with van der Waals surface area (Å²) in [5.41, 5.74) is 0. The van der Waals surface area contributed by atoms with Gasteiger partial charge >= 0.3 is 0 Å². The highest BCUT2D eigenvalue weighted by Gasteiger charge is 1.98. The third-order valence-corrected chi connectivity index (χ3v) is 2.33. The Labute approximate surface area is 105 Å². The summed E-state index contributed by atoms with van der Waals surface area (Å²) in [6, 6.07) is 1.87. The molecule has 90 valence electrons. The molecule has 0 aromatic carbocycles. The summed E-state index contributed by atoms with van der Waals surface area (Å²) in [5, 5.41) is 3.24. The average Bonchev–Trinajstić information content (AvgIpc) is 2.22. The fourth-order valence-electron chi connectivity index (χ4n) is 1.26. The SMILES string of the molecule is CCCOCCCNc1cc(Br)nc(C)n1. The molecule has 0 aliphatic carbocycles. The maximum atomic E-state index is 5.39. The minimum absolute atomic E-state index is 0.763. The van der Waals surface area contributed by atoms with Crippen molar-refractivity contribution in [2.24, 2.45) is 0 Å². The molecule has 1 rings (SSSR count). The Bertz CT molecular complexity index is 300. The number of hydrogen-bond acceptors (Lipinski definition) is 4. The van der Waals surface area contributed by atoms with Crippen LogP contribution in [0.5, 0.6) is 0 Å².